The summed E-state index contributed by atoms with van der Waals surface area (Å²) in [6.07, 6.45) is -0.459. The lowest BCUT2D eigenvalue weighted by atomic mass is 10.2. The van der Waals surface area contributed by atoms with Crippen LogP contribution < -0.4 is 5.32 Å². The molecule has 18 heavy (non-hydrogen) atoms. The highest BCUT2D eigenvalue weighted by Gasteiger charge is 2.12. The minimum Gasteiger partial charge on any atom is -0.392 e. The molecule has 2 unspecified atom stereocenters. The third-order valence-corrected chi connectivity index (χ3v) is 3.96. The summed E-state index contributed by atoms with van der Waals surface area (Å²) in [5.41, 5.74) is 0.999. The van der Waals surface area contributed by atoms with Crippen LogP contribution in [-0.2, 0) is 4.79 Å². The van der Waals surface area contributed by atoms with E-state index in [4.69, 9.17) is 0 Å². The van der Waals surface area contributed by atoms with Crippen LogP contribution in [0.3, 0.4) is 0 Å². The monoisotopic (exact) mass is 271 g/mol. The molecular weight excluding hydrogens is 253 g/mol. The first-order valence-electron chi connectivity index (χ1n) is 5.76. The highest BCUT2D eigenvalue weighted by molar-refractivity contribution is 8.00. The predicted octanol–water partition coefficient (Wildman–Crippen LogP) is 2.58. The molecule has 0 heterocycles. The highest BCUT2D eigenvalue weighted by atomic mass is 32.2. The molecular formula is C13H18FNO2S. The van der Waals surface area contributed by atoms with Crippen molar-refractivity contribution in [1.29, 1.82) is 0 Å². The van der Waals surface area contributed by atoms with Gasteiger partial charge in [0.15, 0.2) is 0 Å². The van der Waals surface area contributed by atoms with Crippen molar-refractivity contribution < 1.29 is 14.3 Å². The molecule has 0 radical (unpaired) electrons. The van der Waals surface area contributed by atoms with Crippen molar-refractivity contribution in [2.45, 2.75) is 32.1 Å². The van der Waals surface area contributed by atoms with Gasteiger partial charge in [0.25, 0.3) is 0 Å². The Hall–Kier alpha value is -1.07. The molecule has 3 nitrogen and oxygen atoms in total. The summed E-state index contributed by atoms with van der Waals surface area (Å²) < 4.78 is 13.3. The van der Waals surface area contributed by atoms with Crippen molar-refractivity contribution in [2.75, 3.05) is 11.1 Å². The lowest BCUT2D eigenvalue weighted by molar-refractivity contribution is -0.113. The second-order valence-electron chi connectivity index (χ2n) is 4.27. The number of carbonyl (C=O) groups is 1. The van der Waals surface area contributed by atoms with Crippen LogP contribution in [0.4, 0.5) is 10.1 Å². The van der Waals surface area contributed by atoms with E-state index in [1.807, 2.05) is 6.92 Å². The van der Waals surface area contributed by atoms with E-state index in [9.17, 15) is 14.3 Å². The van der Waals surface area contributed by atoms with Gasteiger partial charge in [0.2, 0.25) is 5.91 Å². The summed E-state index contributed by atoms with van der Waals surface area (Å²) in [4.78, 5) is 11.6. The standard InChI is InChI=1S/C13H18FNO2S/c1-8-4-5-11(6-12(8)14)15-13(17)7-18-10(3)9(2)16/h4-6,9-10,16H,7H2,1-3H3,(H,15,17). The Morgan fingerprint density at radius 2 is 2.17 bits per heavy atom. The van der Waals surface area contributed by atoms with E-state index in [0.29, 0.717) is 11.3 Å². The molecule has 0 aromatic heterocycles. The van der Waals surface area contributed by atoms with Crippen LogP contribution in [0.25, 0.3) is 0 Å². The lowest BCUT2D eigenvalue weighted by Gasteiger charge is -2.13. The molecule has 1 aromatic carbocycles. The molecule has 0 spiro atoms. The van der Waals surface area contributed by atoms with Gasteiger partial charge in [-0.1, -0.05) is 13.0 Å². The molecule has 2 atom stereocenters. The van der Waals surface area contributed by atoms with Crippen molar-refractivity contribution in [2.24, 2.45) is 0 Å². The van der Waals surface area contributed by atoms with Crippen LogP contribution in [0.2, 0.25) is 0 Å². The van der Waals surface area contributed by atoms with Gasteiger partial charge in [0.1, 0.15) is 5.82 Å². The number of halogens is 1. The number of carbonyl (C=O) groups excluding carboxylic acids is 1. The fourth-order valence-electron chi connectivity index (χ4n) is 1.21. The average molecular weight is 271 g/mol. The van der Waals surface area contributed by atoms with E-state index in [1.54, 1.807) is 26.0 Å². The van der Waals surface area contributed by atoms with Crippen LogP contribution in [0.5, 0.6) is 0 Å². The number of hydrogen-bond donors (Lipinski definition) is 2. The van der Waals surface area contributed by atoms with Gasteiger partial charge in [-0.25, -0.2) is 4.39 Å². The fraction of sp³-hybridized carbons (Fsp3) is 0.462. The van der Waals surface area contributed by atoms with Gasteiger partial charge >= 0.3 is 0 Å². The maximum Gasteiger partial charge on any atom is 0.234 e. The quantitative estimate of drug-likeness (QED) is 0.865. The van der Waals surface area contributed by atoms with E-state index in [2.05, 4.69) is 5.32 Å². The van der Waals surface area contributed by atoms with E-state index < -0.39 is 6.10 Å². The molecule has 2 N–H and O–H groups in total. The van der Waals surface area contributed by atoms with Crippen molar-refractivity contribution >= 4 is 23.4 Å². The number of rotatable bonds is 5. The van der Waals surface area contributed by atoms with Crippen LogP contribution in [0.1, 0.15) is 19.4 Å². The predicted molar refractivity (Wildman–Crippen MR) is 73.4 cm³/mol. The molecule has 1 amide bonds. The zero-order chi connectivity index (χ0) is 13.7. The van der Waals surface area contributed by atoms with Gasteiger partial charge in [0, 0.05) is 10.9 Å². The topological polar surface area (TPSA) is 49.3 Å². The molecule has 5 heteroatoms. The maximum absolute atomic E-state index is 13.3. The molecule has 1 aromatic rings. The van der Waals surface area contributed by atoms with Crippen LogP contribution >= 0.6 is 11.8 Å². The zero-order valence-electron chi connectivity index (χ0n) is 10.7. The Balaban J connectivity index is 2.47. The summed E-state index contributed by atoms with van der Waals surface area (Å²) in [5.74, 6) is -0.296. The minimum absolute atomic E-state index is 0.00879. The van der Waals surface area contributed by atoms with E-state index in [1.165, 1.54) is 17.8 Å². The molecule has 0 aliphatic carbocycles. The Kier molecular flexibility index (Phi) is 5.62. The summed E-state index contributed by atoms with van der Waals surface area (Å²) in [7, 11) is 0. The SMILES string of the molecule is Cc1ccc(NC(=O)CSC(C)C(C)O)cc1F. The smallest absolute Gasteiger partial charge is 0.234 e. The normalized spacial score (nSPS) is 14.1. The first kappa shape index (κ1) is 15.0. The van der Waals surface area contributed by atoms with E-state index in [0.717, 1.165) is 0 Å². The van der Waals surface area contributed by atoms with Crippen molar-refractivity contribution in [3.05, 3.63) is 29.6 Å². The number of aliphatic hydroxyl groups excluding tert-OH is 1. The molecule has 100 valence electrons. The largest absolute Gasteiger partial charge is 0.392 e. The van der Waals surface area contributed by atoms with Crippen LogP contribution in [-0.4, -0.2) is 28.1 Å². The molecule has 0 fully saturated rings. The second kappa shape index (κ2) is 6.75. The summed E-state index contributed by atoms with van der Waals surface area (Å²) >= 11 is 1.36. The van der Waals surface area contributed by atoms with Crippen LogP contribution in [0.15, 0.2) is 18.2 Å². The van der Waals surface area contributed by atoms with Gasteiger partial charge < -0.3 is 10.4 Å². The number of aliphatic hydroxyl groups is 1. The summed E-state index contributed by atoms with van der Waals surface area (Å²) in [6, 6.07) is 4.59. The van der Waals surface area contributed by atoms with E-state index in [-0.39, 0.29) is 22.7 Å². The first-order chi connectivity index (χ1) is 8.40. The van der Waals surface area contributed by atoms with Crippen LogP contribution in [0, 0.1) is 12.7 Å². The van der Waals surface area contributed by atoms with Gasteiger partial charge in [-0.05, 0) is 31.5 Å². The third-order valence-electron chi connectivity index (χ3n) is 2.61. The number of amides is 1. The van der Waals surface area contributed by atoms with Crippen molar-refractivity contribution in [3.63, 3.8) is 0 Å². The van der Waals surface area contributed by atoms with Gasteiger partial charge in [-0.15, -0.1) is 11.8 Å². The molecule has 0 saturated carbocycles. The van der Waals surface area contributed by atoms with Gasteiger partial charge in [-0.2, -0.15) is 0 Å². The number of aryl methyl sites for hydroxylation is 1. The Labute approximate surface area is 111 Å². The molecule has 0 aliphatic heterocycles. The second-order valence-corrected chi connectivity index (χ2v) is 5.63. The summed E-state index contributed by atoms with van der Waals surface area (Å²) in [6.45, 7) is 5.21. The maximum atomic E-state index is 13.3. The first-order valence-corrected chi connectivity index (χ1v) is 6.80. The highest BCUT2D eigenvalue weighted by Crippen LogP contribution is 2.16. The van der Waals surface area contributed by atoms with E-state index >= 15 is 0 Å². The molecule has 0 aliphatic rings. The number of benzene rings is 1. The summed E-state index contributed by atoms with van der Waals surface area (Å²) in [5, 5.41) is 11.9. The molecule has 0 saturated heterocycles. The van der Waals surface area contributed by atoms with Crippen molar-refractivity contribution in [3.8, 4) is 0 Å². The Morgan fingerprint density at radius 3 is 2.72 bits per heavy atom. The number of nitrogens with one attached hydrogen (secondary N) is 1. The number of thioether (sulfide) groups is 1. The average Bonchev–Trinajstić information content (AvgIpc) is 2.30. The van der Waals surface area contributed by atoms with Gasteiger partial charge in [0.05, 0.1) is 11.9 Å². The molecule has 0 bridgehead atoms. The third kappa shape index (κ3) is 4.66. The Morgan fingerprint density at radius 1 is 1.50 bits per heavy atom. The number of hydrogen-bond acceptors (Lipinski definition) is 3. The Bertz CT molecular complexity index is 423. The van der Waals surface area contributed by atoms with Crippen molar-refractivity contribution in [1.82, 2.24) is 0 Å². The lowest BCUT2D eigenvalue weighted by Crippen LogP contribution is -2.20. The fourth-order valence-corrected chi connectivity index (χ4v) is 1.98. The van der Waals surface area contributed by atoms with Gasteiger partial charge in [-0.3, -0.25) is 4.79 Å². The molecule has 1 rings (SSSR count). The minimum atomic E-state index is -0.459. The number of anilines is 1. The zero-order valence-corrected chi connectivity index (χ0v) is 11.6.